The lowest BCUT2D eigenvalue weighted by Crippen LogP contribution is -2.29. The van der Waals surface area contributed by atoms with Gasteiger partial charge in [0.15, 0.2) is 0 Å². The monoisotopic (exact) mass is 287 g/mol. The maximum atomic E-state index is 9.29. The van der Waals surface area contributed by atoms with E-state index in [2.05, 4.69) is 37.4 Å². The predicted molar refractivity (Wildman–Crippen MR) is 85.4 cm³/mol. The van der Waals surface area contributed by atoms with Crippen LogP contribution in [0, 0.1) is 6.92 Å². The van der Waals surface area contributed by atoms with Crippen LogP contribution in [-0.2, 0) is 13.5 Å². The third kappa shape index (κ3) is 4.33. The molecular formula is C17H25N3O. The molecule has 114 valence electrons. The van der Waals surface area contributed by atoms with Crippen molar-refractivity contribution >= 4 is 0 Å². The van der Waals surface area contributed by atoms with E-state index >= 15 is 0 Å². The van der Waals surface area contributed by atoms with Crippen molar-refractivity contribution in [3.63, 3.8) is 0 Å². The van der Waals surface area contributed by atoms with E-state index in [-0.39, 0.29) is 0 Å². The summed E-state index contributed by atoms with van der Waals surface area (Å²) in [6.45, 7) is 6.44. The summed E-state index contributed by atoms with van der Waals surface area (Å²) in [5.41, 5.74) is 3.60. The van der Waals surface area contributed by atoms with Gasteiger partial charge >= 0.3 is 0 Å². The molecule has 0 radical (unpaired) electrons. The summed E-state index contributed by atoms with van der Waals surface area (Å²) in [6, 6.07) is 8.18. The van der Waals surface area contributed by atoms with E-state index in [4.69, 9.17) is 0 Å². The van der Waals surface area contributed by atoms with Crippen molar-refractivity contribution < 1.29 is 5.11 Å². The van der Waals surface area contributed by atoms with Crippen LogP contribution in [0.4, 0.5) is 0 Å². The van der Waals surface area contributed by atoms with Gasteiger partial charge in [-0.15, -0.1) is 0 Å². The Kier molecular flexibility index (Phi) is 5.02. The third-order valence-electron chi connectivity index (χ3n) is 3.85. The molecule has 0 saturated carbocycles. The van der Waals surface area contributed by atoms with Gasteiger partial charge in [0.05, 0.1) is 5.69 Å². The summed E-state index contributed by atoms with van der Waals surface area (Å²) in [6.07, 6.45) is 4.15. The Hall–Kier alpha value is -1.81. The molecule has 0 aliphatic carbocycles. The van der Waals surface area contributed by atoms with Gasteiger partial charge in [-0.05, 0) is 51.3 Å². The van der Waals surface area contributed by atoms with Crippen molar-refractivity contribution in [2.45, 2.75) is 45.7 Å². The van der Waals surface area contributed by atoms with Gasteiger partial charge in [0.25, 0.3) is 0 Å². The van der Waals surface area contributed by atoms with Crippen LogP contribution in [0.5, 0.6) is 5.75 Å². The summed E-state index contributed by atoms with van der Waals surface area (Å²) in [5.74, 6) is 0.325. The van der Waals surface area contributed by atoms with Gasteiger partial charge in [-0.25, -0.2) is 0 Å². The Bertz CT molecular complexity index is 574. The summed E-state index contributed by atoms with van der Waals surface area (Å²) < 4.78 is 1.87. The van der Waals surface area contributed by atoms with Crippen LogP contribution >= 0.6 is 0 Å². The number of benzene rings is 1. The second kappa shape index (κ2) is 6.76. The number of phenols is 1. The van der Waals surface area contributed by atoms with Crippen LogP contribution in [0.3, 0.4) is 0 Å². The van der Waals surface area contributed by atoms with Gasteiger partial charge in [0.2, 0.25) is 0 Å². The van der Waals surface area contributed by atoms with Crippen molar-refractivity contribution in [1.82, 2.24) is 15.1 Å². The molecule has 1 heterocycles. The zero-order valence-corrected chi connectivity index (χ0v) is 13.3. The first-order valence-electron chi connectivity index (χ1n) is 7.50. The van der Waals surface area contributed by atoms with Crippen LogP contribution in [0.2, 0.25) is 0 Å². The minimum atomic E-state index is 0.300. The molecule has 0 fully saturated rings. The van der Waals surface area contributed by atoms with Gasteiger partial charge in [0, 0.05) is 30.9 Å². The highest BCUT2D eigenvalue weighted by molar-refractivity contribution is 5.26. The van der Waals surface area contributed by atoms with Crippen LogP contribution in [0.25, 0.3) is 0 Å². The normalized spacial score (nSPS) is 14.1. The molecule has 4 heteroatoms. The number of rotatable bonds is 6. The summed E-state index contributed by atoms with van der Waals surface area (Å²) in [7, 11) is 1.96. The Balaban J connectivity index is 1.85. The maximum Gasteiger partial charge on any atom is 0.115 e. The maximum absolute atomic E-state index is 9.29. The molecule has 0 aliphatic rings. The van der Waals surface area contributed by atoms with E-state index in [1.807, 2.05) is 23.9 Å². The van der Waals surface area contributed by atoms with Crippen molar-refractivity contribution in [1.29, 1.82) is 0 Å². The molecular weight excluding hydrogens is 262 g/mol. The first-order valence-corrected chi connectivity index (χ1v) is 7.50. The summed E-state index contributed by atoms with van der Waals surface area (Å²) >= 11 is 0. The highest BCUT2D eigenvalue weighted by atomic mass is 16.3. The molecule has 0 bridgehead atoms. The van der Waals surface area contributed by atoms with E-state index in [0.717, 1.165) is 18.5 Å². The molecule has 21 heavy (non-hydrogen) atoms. The van der Waals surface area contributed by atoms with Gasteiger partial charge in [-0.2, -0.15) is 5.10 Å². The number of hydrogen-bond acceptors (Lipinski definition) is 3. The Labute approximate surface area is 126 Å². The average Bonchev–Trinajstić information content (AvgIpc) is 2.77. The first-order chi connectivity index (χ1) is 9.95. The fraction of sp³-hybridized carbons (Fsp3) is 0.471. The number of aromatic hydroxyl groups is 1. The lowest BCUT2D eigenvalue weighted by molar-refractivity contribution is 0.454. The quantitative estimate of drug-likeness (QED) is 0.858. The van der Waals surface area contributed by atoms with Crippen LogP contribution in [-0.4, -0.2) is 20.9 Å². The standard InChI is InChI=1S/C17H25N3O/c1-12(5-6-15-7-9-16(21)10-8-15)18-13(2)17-11-20(4)19-14(17)3/h7-13,18,21H,5-6H2,1-4H3. The number of aryl methyl sites for hydroxylation is 3. The summed E-state index contributed by atoms with van der Waals surface area (Å²) in [4.78, 5) is 0. The lowest BCUT2D eigenvalue weighted by atomic mass is 10.0. The van der Waals surface area contributed by atoms with Gasteiger partial charge < -0.3 is 10.4 Å². The van der Waals surface area contributed by atoms with E-state index in [1.165, 1.54) is 11.1 Å². The molecule has 0 amide bonds. The van der Waals surface area contributed by atoms with E-state index < -0.39 is 0 Å². The fourth-order valence-corrected chi connectivity index (χ4v) is 2.69. The lowest BCUT2D eigenvalue weighted by Gasteiger charge is -2.19. The largest absolute Gasteiger partial charge is 0.508 e. The van der Waals surface area contributed by atoms with Gasteiger partial charge in [-0.3, -0.25) is 4.68 Å². The molecule has 1 aromatic carbocycles. The van der Waals surface area contributed by atoms with Crippen LogP contribution in [0.1, 0.15) is 43.1 Å². The minimum absolute atomic E-state index is 0.300. The molecule has 0 spiro atoms. The first kappa shape index (κ1) is 15.6. The minimum Gasteiger partial charge on any atom is -0.508 e. The highest BCUT2D eigenvalue weighted by Gasteiger charge is 2.14. The smallest absolute Gasteiger partial charge is 0.115 e. The van der Waals surface area contributed by atoms with Crippen LogP contribution in [0.15, 0.2) is 30.5 Å². The molecule has 2 atom stereocenters. The molecule has 2 rings (SSSR count). The van der Waals surface area contributed by atoms with E-state index in [1.54, 1.807) is 12.1 Å². The number of phenolic OH excluding ortho intramolecular Hbond substituents is 1. The third-order valence-corrected chi connectivity index (χ3v) is 3.85. The second-order valence-corrected chi connectivity index (χ2v) is 5.84. The van der Waals surface area contributed by atoms with E-state index in [0.29, 0.717) is 17.8 Å². The molecule has 0 aliphatic heterocycles. The van der Waals surface area contributed by atoms with Crippen molar-refractivity contribution in [3.05, 3.63) is 47.3 Å². The van der Waals surface area contributed by atoms with Gasteiger partial charge in [0.1, 0.15) is 5.75 Å². The highest BCUT2D eigenvalue weighted by Crippen LogP contribution is 2.17. The molecule has 2 unspecified atom stereocenters. The zero-order chi connectivity index (χ0) is 15.4. The Morgan fingerprint density at radius 1 is 1.24 bits per heavy atom. The SMILES string of the molecule is Cc1nn(C)cc1C(C)NC(C)CCc1ccc(O)cc1. The number of aromatic nitrogens is 2. The number of nitrogens with one attached hydrogen (secondary N) is 1. The van der Waals surface area contributed by atoms with E-state index in [9.17, 15) is 5.11 Å². The number of hydrogen-bond donors (Lipinski definition) is 2. The Morgan fingerprint density at radius 2 is 1.90 bits per heavy atom. The molecule has 4 nitrogen and oxygen atoms in total. The predicted octanol–water partition coefficient (Wildman–Crippen LogP) is 3.11. The van der Waals surface area contributed by atoms with Crippen LogP contribution < -0.4 is 5.32 Å². The van der Waals surface area contributed by atoms with Gasteiger partial charge in [-0.1, -0.05) is 12.1 Å². The second-order valence-electron chi connectivity index (χ2n) is 5.84. The molecule has 2 aromatic rings. The van der Waals surface area contributed by atoms with Crippen molar-refractivity contribution in [2.75, 3.05) is 0 Å². The molecule has 2 N–H and O–H groups in total. The zero-order valence-electron chi connectivity index (χ0n) is 13.3. The summed E-state index contributed by atoms with van der Waals surface area (Å²) in [5, 5.41) is 17.3. The molecule has 0 saturated heterocycles. The number of nitrogens with zero attached hydrogens (tertiary/aromatic N) is 2. The topological polar surface area (TPSA) is 50.1 Å². The van der Waals surface area contributed by atoms with Crippen molar-refractivity contribution in [2.24, 2.45) is 7.05 Å². The van der Waals surface area contributed by atoms with Crippen molar-refractivity contribution in [3.8, 4) is 5.75 Å². The average molecular weight is 287 g/mol. The Morgan fingerprint density at radius 3 is 2.48 bits per heavy atom. The fourth-order valence-electron chi connectivity index (χ4n) is 2.69. The molecule has 1 aromatic heterocycles.